The Hall–Kier alpha value is -4.46. The molecule has 0 amide bonds. The zero-order chi connectivity index (χ0) is 43.8. The molecule has 1 aromatic heterocycles. The van der Waals surface area contributed by atoms with Gasteiger partial charge in [0.2, 0.25) is 5.88 Å². The molecule has 0 fully saturated rings. The summed E-state index contributed by atoms with van der Waals surface area (Å²) in [7, 11) is 0. The summed E-state index contributed by atoms with van der Waals surface area (Å²) in [5, 5.41) is 46.6. The van der Waals surface area contributed by atoms with E-state index >= 15 is 0 Å². The van der Waals surface area contributed by atoms with E-state index in [1.165, 1.54) is 9.13 Å². The lowest BCUT2D eigenvalue weighted by Crippen LogP contribution is -2.42. The Morgan fingerprint density at radius 1 is 0.404 bits per heavy atom. The zero-order valence-corrected chi connectivity index (χ0v) is 38.1. The van der Waals surface area contributed by atoms with Crippen LogP contribution in [-0.2, 0) is 52.0 Å². The average molecular weight is 783 g/mol. The Kier molecular flexibility index (Phi) is 11.7. The van der Waals surface area contributed by atoms with Crippen molar-refractivity contribution in [3.05, 3.63) is 113 Å². The summed E-state index contributed by atoms with van der Waals surface area (Å²) in [6.45, 7) is 36.2. The minimum Gasteiger partial charge on any atom is -0.507 e. The molecule has 0 radical (unpaired) electrons. The molecule has 0 saturated carbocycles. The van der Waals surface area contributed by atoms with Gasteiger partial charge in [0.15, 0.2) is 0 Å². The number of phenols is 3. The molecule has 4 aromatic rings. The van der Waals surface area contributed by atoms with Crippen LogP contribution in [0.25, 0.3) is 0 Å². The Morgan fingerprint density at radius 2 is 0.649 bits per heavy atom. The topological polar surface area (TPSA) is 125 Å². The molecule has 0 unspecified atom stereocenters. The molecule has 57 heavy (non-hydrogen) atoms. The highest BCUT2D eigenvalue weighted by Gasteiger charge is 2.31. The lowest BCUT2D eigenvalue weighted by atomic mass is 9.78. The molecule has 8 nitrogen and oxygen atoms in total. The largest absolute Gasteiger partial charge is 0.507 e. The van der Waals surface area contributed by atoms with Crippen LogP contribution in [0.15, 0.2) is 46.0 Å². The summed E-state index contributed by atoms with van der Waals surface area (Å²) in [6, 6.07) is 11.3. The summed E-state index contributed by atoms with van der Waals surface area (Å²) >= 11 is 0. The minimum absolute atomic E-state index is 0.00348. The number of phenolic OH excluding ortho intramolecular Hbond substituents is 3. The van der Waals surface area contributed by atoms with Crippen molar-refractivity contribution in [2.75, 3.05) is 0 Å². The van der Waals surface area contributed by atoms with E-state index in [0.29, 0.717) is 33.4 Å². The van der Waals surface area contributed by atoms with Crippen molar-refractivity contribution < 1.29 is 20.4 Å². The molecule has 4 N–H and O–H groups in total. The Labute approximate surface area is 341 Å². The van der Waals surface area contributed by atoms with Crippen molar-refractivity contribution in [2.24, 2.45) is 0 Å². The zero-order valence-electron chi connectivity index (χ0n) is 38.1. The number of nitrogens with zero attached hydrogens (tertiary/aromatic N) is 2. The fourth-order valence-electron chi connectivity index (χ4n) is 7.55. The van der Waals surface area contributed by atoms with Crippen molar-refractivity contribution in [1.29, 1.82) is 0 Å². The van der Waals surface area contributed by atoms with Gasteiger partial charge < -0.3 is 20.4 Å². The molecule has 0 bridgehead atoms. The predicted octanol–water partition coefficient (Wildman–Crippen LogP) is 10.3. The van der Waals surface area contributed by atoms with Crippen molar-refractivity contribution in [3.8, 4) is 23.1 Å². The monoisotopic (exact) mass is 783 g/mol. The summed E-state index contributed by atoms with van der Waals surface area (Å²) in [5.74, 6) is 0.180. The molecule has 3 aromatic carbocycles. The quantitative estimate of drug-likeness (QED) is 0.154. The summed E-state index contributed by atoms with van der Waals surface area (Å²) in [5.41, 5.74) is 2.55. The van der Waals surface area contributed by atoms with Gasteiger partial charge in [-0.05, 0) is 107 Å². The van der Waals surface area contributed by atoms with Crippen LogP contribution < -0.4 is 11.2 Å². The second-order valence-corrected chi connectivity index (χ2v) is 22.4. The highest BCUT2D eigenvalue weighted by Crippen LogP contribution is 2.43. The Balaban J connectivity index is 2.11. The molecule has 312 valence electrons. The van der Waals surface area contributed by atoms with Crippen molar-refractivity contribution >= 4 is 0 Å². The third-order valence-corrected chi connectivity index (χ3v) is 10.9. The van der Waals surface area contributed by atoms with E-state index in [2.05, 4.69) is 0 Å². The van der Waals surface area contributed by atoms with Crippen LogP contribution in [0, 0.1) is 0 Å². The average Bonchev–Trinajstić information content (AvgIpc) is 3.02. The van der Waals surface area contributed by atoms with Crippen LogP contribution >= 0.6 is 0 Å². The van der Waals surface area contributed by atoms with Crippen molar-refractivity contribution in [2.45, 2.75) is 177 Å². The number of hydrogen-bond donors (Lipinski definition) is 4. The van der Waals surface area contributed by atoms with Crippen LogP contribution in [-0.4, -0.2) is 29.6 Å². The fourth-order valence-corrected chi connectivity index (χ4v) is 7.55. The first-order chi connectivity index (χ1) is 25.5. The van der Waals surface area contributed by atoms with Gasteiger partial charge in [-0.1, -0.05) is 137 Å². The van der Waals surface area contributed by atoms with E-state index in [1.54, 1.807) is 0 Å². The van der Waals surface area contributed by atoms with Gasteiger partial charge in [-0.3, -0.25) is 13.9 Å². The highest BCUT2D eigenvalue weighted by atomic mass is 16.3. The maximum absolute atomic E-state index is 14.8. The van der Waals surface area contributed by atoms with Crippen LogP contribution in [0.5, 0.6) is 23.1 Å². The maximum Gasteiger partial charge on any atom is 0.334 e. The third-order valence-electron chi connectivity index (χ3n) is 10.9. The second-order valence-electron chi connectivity index (χ2n) is 22.4. The SMILES string of the molecule is CC(C)(C)c1cc(Cc2c(O)n(Cc3cc(C(C)(C)C)c(O)c(C(C)(C)C)c3)c(=O)n(Cc3cc(C(C)(C)C)c(O)c(C(C)(C)C)c3)c2=O)cc(C(C)(C)C)c1O. The van der Waals surface area contributed by atoms with Crippen LogP contribution in [0.3, 0.4) is 0 Å². The van der Waals surface area contributed by atoms with Gasteiger partial charge in [0, 0.05) is 6.42 Å². The summed E-state index contributed by atoms with van der Waals surface area (Å²) in [4.78, 5) is 29.5. The second kappa shape index (κ2) is 14.7. The normalized spacial score (nSPS) is 13.4. The Bertz CT molecular complexity index is 2070. The number of benzene rings is 3. The standard InChI is InChI=1S/C49H70N2O6/c1-44(2,3)32-20-28(21-33(38(32)52)45(4,5)6)19-31-41(55)50(26-29-22-34(46(7,8)9)39(53)35(23-29)47(10,11)12)43(57)51(42(31)56)27-30-24-36(48(13,14)15)40(54)37(25-30)49(16,17)18/h20-25,52-55H,19,26-27H2,1-18H3. The van der Waals surface area contributed by atoms with Gasteiger partial charge in [0.1, 0.15) is 17.2 Å². The molecule has 0 atom stereocenters. The van der Waals surface area contributed by atoms with E-state index in [-0.39, 0.29) is 42.3 Å². The molecular formula is C49H70N2O6. The molecule has 0 aliphatic heterocycles. The first-order valence-electron chi connectivity index (χ1n) is 20.2. The van der Waals surface area contributed by atoms with Gasteiger partial charge in [0.25, 0.3) is 5.56 Å². The molecule has 0 aliphatic rings. The van der Waals surface area contributed by atoms with Gasteiger partial charge >= 0.3 is 5.69 Å². The van der Waals surface area contributed by atoms with E-state index in [0.717, 1.165) is 16.7 Å². The van der Waals surface area contributed by atoms with E-state index in [1.807, 2.05) is 161 Å². The Morgan fingerprint density at radius 3 is 0.912 bits per heavy atom. The van der Waals surface area contributed by atoms with Crippen LogP contribution in [0.1, 0.15) is 180 Å². The molecule has 0 spiro atoms. The summed E-state index contributed by atoms with van der Waals surface area (Å²) in [6.07, 6.45) is 0.00348. The maximum atomic E-state index is 14.8. The third kappa shape index (κ3) is 9.48. The smallest absolute Gasteiger partial charge is 0.334 e. The van der Waals surface area contributed by atoms with Crippen LogP contribution in [0.2, 0.25) is 0 Å². The molecular weight excluding hydrogens is 713 g/mol. The first-order valence-corrected chi connectivity index (χ1v) is 20.2. The molecule has 8 heteroatoms. The first kappa shape index (κ1) is 45.2. The predicted molar refractivity (Wildman–Crippen MR) is 234 cm³/mol. The number of aromatic hydroxyl groups is 4. The van der Waals surface area contributed by atoms with Gasteiger partial charge in [-0.2, -0.15) is 0 Å². The fraction of sp³-hybridized carbons (Fsp3) is 0.551. The van der Waals surface area contributed by atoms with Crippen molar-refractivity contribution in [1.82, 2.24) is 9.13 Å². The summed E-state index contributed by atoms with van der Waals surface area (Å²) < 4.78 is 2.44. The van der Waals surface area contributed by atoms with Crippen LogP contribution in [0.4, 0.5) is 0 Å². The van der Waals surface area contributed by atoms with E-state index < -0.39 is 49.6 Å². The van der Waals surface area contributed by atoms with Gasteiger partial charge in [-0.15, -0.1) is 0 Å². The molecule has 0 aliphatic carbocycles. The number of hydrogen-bond acceptors (Lipinski definition) is 6. The van der Waals surface area contributed by atoms with Gasteiger partial charge in [0.05, 0.1) is 18.7 Å². The minimum atomic E-state index is -0.678. The molecule has 1 heterocycles. The molecule has 4 rings (SSSR count). The lowest BCUT2D eigenvalue weighted by Gasteiger charge is -2.29. The van der Waals surface area contributed by atoms with E-state index in [9.17, 15) is 30.0 Å². The van der Waals surface area contributed by atoms with E-state index in [4.69, 9.17) is 0 Å². The number of rotatable bonds is 6. The number of aromatic nitrogens is 2. The molecule has 0 saturated heterocycles. The van der Waals surface area contributed by atoms with Crippen molar-refractivity contribution in [3.63, 3.8) is 0 Å². The van der Waals surface area contributed by atoms with Gasteiger partial charge in [-0.25, -0.2) is 4.79 Å². The lowest BCUT2D eigenvalue weighted by molar-refractivity contribution is 0.391. The highest BCUT2D eigenvalue weighted by molar-refractivity contribution is 5.53.